The third kappa shape index (κ3) is 4.34. The first-order valence-electron chi connectivity index (χ1n) is 11.7. The molecule has 0 bridgehead atoms. The largest absolute Gasteiger partial charge is 0.321 e. The molecule has 0 spiro atoms. The van der Waals surface area contributed by atoms with Gasteiger partial charge < -0.3 is 10.3 Å². The van der Waals surface area contributed by atoms with Crippen LogP contribution in [0.4, 0.5) is 5.69 Å². The lowest BCUT2D eigenvalue weighted by molar-refractivity contribution is 0.102. The van der Waals surface area contributed by atoms with Gasteiger partial charge in [0, 0.05) is 27.6 Å². The molecule has 0 aliphatic heterocycles. The molecule has 0 saturated carbocycles. The van der Waals surface area contributed by atoms with Gasteiger partial charge in [-0.05, 0) is 48.7 Å². The Hall–Kier alpha value is -4.77. The number of anilines is 1. The molecule has 0 fully saturated rings. The lowest BCUT2D eigenvalue weighted by Crippen LogP contribution is -2.25. The van der Waals surface area contributed by atoms with Crippen LogP contribution < -0.4 is 10.9 Å². The number of aromatic nitrogens is 1. The van der Waals surface area contributed by atoms with Gasteiger partial charge in [-0.1, -0.05) is 78.9 Å². The summed E-state index contributed by atoms with van der Waals surface area (Å²) in [7, 11) is 0. The van der Waals surface area contributed by atoms with E-state index in [1.165, 1.54) is 0 Å². The first-order valence-corrected chi connectivity index (χ1v) is 11.7. The van der Waals surface area contributed by atoms with Crippen LogP contribution in [-0.4, -0.2) is 16.7 Å². The van der Waals surface area contributed by atoms with E-state index in [4.69, 9.17) is 0 Å². The van der Waals surface area contributed by atoms with Crippen molar-refractivity contribution >= 4 is 28.3 Å². The molecular weight excluding hydrogens is 448 g/mol. The van der Waals surface area contributed by atoms with Crippen molar-refractivity contribution in [3.63, 3.8) is 0 Å². The van der Waals surface area contributed by atoms with Crippen molar-refractivity contribution in [3.8, 4) is 11.1 Å². The minimum absolute atomic E-state index is 0.00262. The third-order valence-electron chi connectivity index (χ3n) is 6.16. The van der Waals surface area contributed by atoms with Gasteiger partial charge in [-0.2, -0.15) is 0 Å². The fourth-order valence-electron chi connectivity index (χ4n) is 4.42. The zero-order valence-corrected chi connectivity index (χ0v) is 20.0. The molecule has 5 rings (SSSR count). The van der Waals surface area contributed by atoms with Gasteiger partial charge in [0.05, 0.1) is 5.69 Å². The van der Waals surface area contributed by atoms with Crippen molar-refractivity contribution in [1.82, 2.24) is 4.98 Å². The summed E-state index contributed by atoms with van der Waals surface area (Å²) in [6.45, 7) is 3.83. The summed E-state index contributed by atoms with van der Waals surface area (Å²) < 4.78 is 0. The molecule has 0 atom stereocenters. The smallest absolute Gasteiger partial charge is 0.261 e. The van der Waals surface area contributed by atoms with Crippen LogP contribution in [0.5, 0.6) is 0 Å². The molecule has 4 aromatic carbocycles. The van der Waals surface area contributed by atoms with Crippen molar-refractivity contribution in [3.05, 3.63) is 135 Å². The maximum atomic E-state index is 13.7. The molecule has 0 radical (unpaired) electrons. The van der Waals surface area contributed by atoms with Crippen LogP contribution in [0.1, 0.15) is 37.4 Å². The summed E-state index contributed by atoms with van der Waals surface area (Å²) in [6, 6.07) is 29.3. The Morgan fingerprint density at radius 1 is 0.750 bits per heavy atom. The Bertz CT molecular complexity index is 1670. The predicted molar refractivity (Wildman–Crippen MR) is 144 cm³/mol. The number of aromatic amines is 1. The zero-order valence-electron chi connectivity index (χ0n) is 20.0. The van der Waals surface area contributed by atoms with E-state index in [1.54, 1.807) is 36.4 Å². The number of benzene rings is 4. The first-order chi connectivity index (χ1) is 17.4. The first kappa shape index (κ1) is 23.0. The number of ketones is 1. The van der Waals surface area contributed by atoms with Crippen molar-refractivity contribution in [2.24, 2.45) is 0 Å². The van der Waals surface area contributed by atoms with Gasteiger partial charge in [0.15, 0.2) is 5.78 Å². The normalized spacial score (nSPS) is 10.8. The molecule has 0 aliphatic carbocycles. The van der Waals surface area contributed by atoms with E-state index >= 15 is 0 Å². The Morgan fingerprint density at radius 2 is 1.39 bits per heavy atom. The van der Waals surface area contributed by atoms with Crippen LogP contribution in [-0.2, 0) is 0 Å². The van der Waals surface area contributed by atoms with Crippen LogP contribution >= 0.6 is 0 Å². The van der Waals surface area contributed by atoms with Crippen LogP contribution in [0.15, 0.2) is 102 Å². The summed E-state index contributed by atoms with van der Waals surface area (Å²) in [5, 5.41) is 3.63. The fourth-order valence-corrected chi connectivity index (χ4v) is 4.42. The molecule has 0 aliphatic rings. The van der Waals surface area contributed by atoms with E-state index in [1.807, 2.05) is 74.5 Å². The summed E-state index contributed by atoms with van der Waals surface area (Å²) in [6.07, 6.45) is 0. The zero-order chi connectivity index (χ0) is 25.2. The Balaban J connectivity index is 1.65. The Morgan fingerprint density at radius 3 is 2.11 bits per heavy atom. The van der Waals surface area contributed by atoms with Crippen molar-refractivity contribution in [2.45, 2.75) is 13.8 Å². The molecule has 5 nitrogen and oxygen atoms in total. The van der Waals surface area contributed by atoms with Crippen molar-refractivity contribution < 1.29 is 9.59 Å². The molecule has 5 aromatic rings. The molecule has 36 heavy (non-hydrogen) atoms. The average Bonchev–Trinajstić information content (AvgIpc) is 2.88. The molecular formula is C31H24N2O3. The quantitative estimate of drug-likeness (QED) is 0.295. The number of H-pyrrole nitrogens is 1. The van der Waals surface area contributed by atoms with E-state index in [0.717, 1.165) is 22.1 Å². The van der Waals surface area contributed by atoms with Crippen LogP contribution in [0.3, 0.4) is 0 Å². The lowest BCUT2D eigenvalue weighted by Gasteiger charge is -2.15. The van der Waals surface area contributed by atoms with Crippen LogP contribution in [0, 0.1) is 13.8 Å². The minimum atomic E-state index is -0.578. The van der Waals surface area contributed by atoms with Gasteiger partial charge >= 0.3 is 0 Å². The van der Waals surface area contributed by atoms with E-state index < -0.39 is 11.5 Å². The second-order valence-electron chi connectivity index (χ2n) is 8.82. The van der Waals surface area contributed by atoms with Gasteiger partial charge in [-0.3, -0.25) is 14.4 Å². The van der Waals surface area contributed by atoms with Crippen molar-refractivity contribution in [1.29, 1.82) is 0 Å². The maximum absolute atomic E-state index is 13.7. The van der Waals surface area contributed by atoms with E-state index in [-0.39, 0.29) is 11.3 Å². The Labute approximate surface area is 208 Å². The number of rotatable bonds is 5. The van der Waals surface area contributed by atoms with Gasteiger partial charge in [0.2, 0.25) is 0 Å². The van der Waals surface area contributed by atoms with Gasteiger partial charge in [0.1, 0.15) is 5.56 Å². The topological polar surface area (TPSA) is 79.0 Å². The SMILES string of the molecule is Cc1ccc(C(=O)c2ccccc2)c(NC(=O)c2c(-c3ccccc3)c3ccc(C)cc3[nH]c2=O)c1. The van der Waals surface area contributed by atoms with Crippen molar-refractivity contribution in [2.75, 3.05) is 5.32 Å². The number of nitrogens with one attached hydrogen (secondary N) is 2. The monoisotopic (exact) mass is 472 g/mol. The highest BCUT2D eigenvalue weighted by Gasteiger charge is 2.23. The number of carbonyl (C=O) groups is 2. The Kier molecular flexibility index (Phi) is 6.05. The highest BCUT2D eigenvalue weighted by Crippen LogP contribution is 2.31. The number of pyridine rings is 1. The molecule has 176 valence electrons. The van der Waals surface area contributed by atoms with Gasteiger partial charge in [-0.25, -0.2) is 0 Å². The number of aryl methyl sites for hydroxylation is 2. The molecule has 2 N–H and O–H groups in total. The second-order valence-corrected chi connectivity index (χ2v) is 8.82. The lowest BCUT2D eigenvalue weighted by atomic mass is 9.94. The molecule has 0 saturated heterocycles. The second kappa shape index (κ2) is 9.47. The third-order valence-corrected chi connectivity index (χ3v) is 6.16. The van der Waals surface area contributed by atoms with E-state index in [0.29, 0.717) is 27.9 Å². The number of hydrogen-bond acceptors (Lipinski definition) is 3. The molecule has 1 aromatic heterocycles. The number of carbonyl (C=O) groups excluding carboxylic acids is 2. The van der Waals surface area contributed by atoms with Gasteiger partial charge in [0.25, 0.3) is 11.5 Å². The van der Waals surface area contributed by atoms with E-state index in [9.17, 15) is 14.4 Å². The highest BCUT2D eigenvalue weighted by molar-refractivity contribution is 6.17. The summed E-state index contributed by atoms with van der Waals surface area (Å²) in [5.41, 5.74) is 4.57. The average molecular weight is 473 g/mol. The molecule has 5 heteroatoms. The summed E-state index contributed by atoms with van der Waals surface area (Å²) in [5.74, 6) is -0.789. The highest BCUT2D eigenvalue weighted by atomic mass is 16.2. The maximum Gasteiger partial charge on any atom is 0.261 e. The number of hydrogen-bond donors (Lipinski definition) is 2. The minimum Gasteiger partial charge on any atom is -0.321 e. The molecule has 1 amide bonds. The fraction of sp³-hybridized carbons (Fsp3) is 0.0645. The van der Waals surface area contributed by atoms with Crippen LogP contribution in [0.2, 0.25) is 0 Å². The van der Waals surface area contributed by atoms with E-state index in [2.05, 4.69) is 10.3 Å². The summed E-state index contributed by atoms with van der Waals surface area (Å²) in [4.78, 5) is 43.1. The molecule has 0 unspecified atom stereocenters. The number of amides is 1. The summed E-state index contributed by atoms with van der Waals surface area (Å²) >= 11 is 0. The standard InChI is InChI=1S/C31H24N2O3/c1-19-13-15-23-25(17-19)32-30(35)28(27(23)21-9-5-3-6-10-21)31(36)33-26-18-20(2)14-16-24(26)29(34)22-11-7-4-8-12-22/h3-18H,1-2H3,(H,32,35)(H,33,36). The number of fused-ring (bicyclic) bond motifs is 1. The van der Waals surface area contributed by atoms with Crippen LogP contribution in [0.25, 0.3) is 22.0 Å². The van der Waals surface area contributed by atoms with Gasteiger partial charge in [-0.15, -0.1) is 0 Å². The molecule has 1 heterocycles. The predicted octanol–water partition coefficient (Wildman–Crippen LogP) is 6.30.